The average molecular weight is 444 g/mol. The minimum absolute atomic E-state index is 0.123. The average Bonchev–Trinajstić information content (AvgIpc) is 3.20. The highest BCUT2D eigenvalue weighted by atomic mass is 32.2. The Morgan fingerprint density at radius 2 is 1.90 bits per heavy atom. The lowest BCUT2D eigenvalue weighted by Crippen LogP contribution is -2.30. The second kappa shape index (κ2) is 8.66. The number of hydrogen-bond acceptors (Lipinski definition) is 6. The molecule has 3 aromatic rings. The van der Waals surface area contributed by atoms with Crippen molar-refractivity contribution in [3.63, 3.8) is 0 Å². The minimum atomic E-state index is -3.73. The minimum Gasteiger partial charge on any atom is -0.383 e. The Labute approximate surface area is 178 Å². The molecule has 0 fully saturated rings. The van der Waals surface area contributed by atoms with Crippen molar-refractivity contribution in [2.75, 3.05) is 7.11 Å². The van der Waals surface area contributed by atoms with Gasteiger partial charge in [0.2, 0.25) is 15.8 Å². The van der Waals surface area contributed by atoms with Gasteiger partial charge < -0.3 is 11.5 Å². The van der Waals surface area contributed by atoms with Gasteiger partial charge in [-0.15, -0.1) is 11.3 Å². The molecular weight excluding hydrogens is 422 g/mol. The normalized spacial score (nSPS) is 12.0. The molecule has 0 radical (unpaired) electrons. The number of amidine groups is 1. The zero-order valence-electron chi connectivity index (χ0n) is 16.3. The first-order valence-corrected chi connectivity index (χ1v) is 11.1. The Morgan fingerprint density at radius 1 is 1.13 bits per heavy atom. The molecule has 1 aromatic heterocycles. The molecule has 0 saturated heterocycles. The first kappa shape index (κ1) is 21.5. The van der Waals surface area contributed by atoms with Crippen LogP contribution in [0.1, 0.15) is 10.4 Å². The summed E-state index contributed by atoms with van der Waals surface area (Å²) in [5.74, 6) is -0.0339. The first-order chi connectivity index (χ1) is 14.2. The topological polar surface area (TPSA) is 144 Å². The van der Waals surface area contributed by atoms with Crippen LogP contribution >= 0.6 is 11.3 Å². The summed E-state index contributed by atoms with van der Waals surface area (Å²) in [5, 5.41) is 8.97. The second-order valence-corrected chi connectivity index (χ2v) is 9.25. The third-order valence-electron chi connectivity index (χ3n) is 4.27. The number of sulfone groups is 1. The van der Waals surface area contributed by atoms with Crippen molar-refractivity contribution in [2.45, 2.75) is 16.7 Å². The fraction of sp³-hybridized carbons (Fsp3) is 0.100. The molecule has 30 heavy (non-hydrogen) atoms. The van der Waals surface area contributed by atoms with Crippen LogP contribution in [-0.2, 0) is 14.7 Å². The Morgan fingerprint density at radius 3 is 2.53 bits per heavy atom. The summed E-state index contributed by atoms with van der Waals surface area (Å²) in [5.41, 5.74) is 16.8. The standard InChI is InChI=1S/C20H21N5O3S2/c1-12-8-14(24-20(23)25-28-2)6-7-17(12)13-4-3-5-15(9-13)30(26,27)16-10-18(19(21)22)29-11-16/h3-11H,1-2H3,(H3,21,22)(H3,23,24,25). The van der Waals surface area contributed by atoms with Crippen molar-refractivity contribution in [2.24, 2.45) is 16.5 Å². The number of nitrogens with zero attached hydrogens (tertiary/aromatic N) is 1. The molecule has 6 N–H and O–H groups in total. The van der Waals surface area contributed by atoms with Crippen LogP contribution in [0, 0.1) is 12.3 Å². The number of hydrogen-bond donors (Lipinski definition) is 4. The number of rotatable bonds is 6. The highest BCUT2D eigenvalue weighted by Gasteiger charge is 2.21. The van der Waals surface area contributed by atoms with Crippen molar-refractivity contribution in [1.82, 2.24) is 5.48 Å². The molecule has 0 aliphatic carbocycles. The molecule has 10 heteroatoms. The van der Waals surface area contributed by atoms with E-state index in [0.29, 0.717) is 10.6 Å². The quantitative estimate of drug-likeness (QED) is 0.262. The maximum absolute atomic E-state index is 13.0. The van der Waals surface area contributed by atoms with Crippen molar-refractivity contribution in [3.8, 4) is 11.1 Å². The lowest BCUT2D eigenvalue weighted by molar-refractivity contribution is 0.143. The third kappa shape index (κ3) is 4.51. The van der Waals surface area contributed by atoms with Gasteiger partial charge in [-0.05, 0) is 53.9 Å². The number of aryl methyl sites for hydroxylation is 1. The molecule has 3 rings (SSSR count). The van der Waals surface area contributed by atoms with Gasteiger partial charge in [-0.25, -0.2) is 18.9 Å². The van der Waals surface area contributed by atoms with Gasteiger partial charge in [0.05, 0.1) is 27.5 Å². The van der Waals surface area contributed by atoms with Crippen LogP contribution in [0.4, 0.5) is 5.69 Å². The van der Waals surface area contributed by atoms with Gasteiger partial charge in [-0.2, -0.15) is 0 Å². The van der Waals surface area contributed by atoms with E-state index in [9.17, 15) is 8.42 Å². The highest BCUT2D eigenvalue weighted by Crippen LogP contribution is 2.31. The monoisotopic (exact) mass is 443 g/mol. The third-order valence-corrected chi connectivity index (χ3v) is 7.12. The Kier molecular flexibility index (Phi) is 6.20. The van der Waals surface area contributed by atoms with Gasteiger partial charge in [0.25, 0.3) is 0 Å². The number of benzene rings is 2. The van der Waals surface area contributed by atoms with Gasteiger partial charge in [-0.1, -0.05) is 18.2 Å². The molecule has 156 valence electrons. The largest absolute Gasteiger partial charge is 0.383 e. The number of guanidine groups is 1. The molecule has 0 saturated carbocycles. The van der Waals surface area contributed by atoms with Crippen molar-refractivity contribution >= 4 is 38.7 Å². The summed E-state index contributed by atoms with van der Waals surface area (Å²) in [6.45, 7) is 1.91. The molecule has 2 aromatic carbocycles. The number of aliphatic imine (C=N–C) groups is 1. The van der Waals surface area contributed by atoms with Crippen LogP contribution in [0.15, 0.2) is 68.7 Å². The molecule has 0 bridgehead atoms. The number of nitrogen functional groups attached to an aromatic ring is 1. The molecule has 0 amide bonds. The predicted octanol–water partition coefficient (Wildman–Crippen LogP) is 2.94. The Hall–Kier alpha value is -3.21. The van der Waals surface area contributed by atoms with E-state index >= 15 is 0 Å². The van der Waals surface area contributed by atoms with E-state index in [0.717, 1.165) is 28.0 Å². The van der Waals surface area contributed by atoms with Crippen molar-refractivity contribution < 1.29 is 13.3 Å². The van der Waals surface area contributed by atoms with Gasteiger partial charge >= 0.3 is 0 Å². The summed E-state index contributed by atoms with van der Waals surface area (Å²) in [6.07, 6.45) is 0. The molecular formula is C20H21N5O3S2. The van der Waals surface area contributed by atoms with E-state index in [4.69, 9.17) is 21.7 Å². The first-order valence-electron chi connectivity index (χ1n) is 8.74. The summed E-state index contributed by atoms with van der Waals surface area (Å²) < 4.78 is 26.0. The molecule has 0 spiro atoms. The van der Waals surface area contributed by atoms with Gasteiger partial charge in [0.15, 0.2) is 0 Å². The SMILES string of the molecule is CONC(N)=Nc1ccc(-c2cccc(S(=O)(=O)c3csc(C(=N)N)c3)c2)c(C)c1. The van der Waals surface area contributed by atoms with E-state index in [1.165, 1.54) is 18.6 Å². The summed E-state index contributed by atoms with van der Waals surface area (Å²) in [7, 11) is -2.29. The summed E-state index contributed by atoms with van der Waals surface area (Å²) >= 11 is 1.13. The zero-order valence-corrected chi connectivity index (χ0v) is 18.0. The number of nitrogens with one attached hydrogen (secondary N) is 2. The molecule has 0 unspecified atom stereocenters. The Balaban J connectivity index is 1.97. The lowest BCUT2D eigenvalue weighted by Gasteiger charge is -2.10. The smallest absolute Gasteiger partial charge is 0.218 e. The molecule has 1 heterocycles. The maximum Gasteiger partial charge on any atom is 0.218 e. The lowest BCUT2D eigenvalue weighted by atomic mass is 10.0. The van der Waals surface area contributed by atoms with Crippen molar-refractivity contribution in [1.29, 1.82) is 5.41 Å². The highest BCUT2D eigenvalue weighted by molar-refractivity contribution is 7.91. The van der Waals surface area contributed by atoms with E-state index in [2.05, 4.69) is 10.5 Å². The van der Waals surface area contributed by atoms with Crippen molar-refractivity contribution in [3.05, 3.63) is 64.4 Å². The van der Waals surface area contributed by atoms with Crippen LogP contribution < -0.4 is 16.9 Å². The molecule has 8 nitrogen and oxygen atoms in total. The summed E-state index contributed by atoms with van der Waals surface area (Å²) in [6, 6.07) is 13.6. The van der Waals surface area contributed by atoms with E-state index in [1.807, 2.05) is 25.1 Å². The van der Waals surface area contributed by atoms with Crippen LogP contribution in [0.3, 0.4) is 0 Å². The van der Waals surface area contributed by atoms with E-state index in [1.54, 1.807) is 24.3 Å². The number of nitrogens with two attached hydrogens (primary N) is 2. The number of hydroxylamine groups is 1. The van der Waals surface area contributed by atoms with E-state index in [-0.39, 0.29) is 21.6 Å². The molecule has 0 aliphatic heterocycles. The number of thiophene rings is 1. The van der Waals surface area contributed by atoms with Gasteiger partial charge in [-0.3, -0.25) is 10.2 Å². The predicted molar refractivity (Wildman–Crippen MR) is 119 cm³/mol. The van der Waals surface area contributed by atoms with Gasteiger partial charge in [0, 0.05) is 5.38 Å². The summed E-state index contributed by atoms with van der Waals surface area (Å²) in [4.78, 5) is 9.62. The van der Waals surface area contributed by atoms with Gasteiger partial charge in [0.1, 0.15) is 5.84 Å². The van der Waals surface area contributed by atoms with Crippen LogP contribution in [0.2, 0.25) is 0 Å². The fourth-order valence-corrected chi connectivity index (χ4v) is 5.32. The van der Waals surface area contributed by atoms with Crippen LogP contribution in [0.25, 0.3) is 11.1 Å². The van der Waals surface area contributed by atoms with Crippen LogP contribution in [0.5, 0.6) is 0 Å². The Bertz CT molecular complexity index is 1230. The van der Waals surface area contributed by atoms with Crippen LogP contribution in [-0.4, -0.2) is 27.3 Å². The zero-order chi connectivity index (χ0) is 21.9. The van der Waals surface area contributed by atoms with E-state index < -0.39 is 9.84 Å². The maximum atomic E-state index is 13.0. The fourth-order valence-electron chi connectivity index (χ4n) is 2.88. The molecule has 0 aliphatic rings. The molecule has 0 atom stereocenters. The second-order valence-electron chi connectivity index (χ2n) is 6.39.